The first-order valence-corrected chi connectivity index (χ1v) is 12.8. The fourth-order valence-electron chi connectivity index (χ4n) is 4.60. The topological polar surface area (TPSA) is 67.2 Å². The molecule has 0 spiro atoms. The van der Waals surface area contributed by atoms with E-state index in [0.717, 1.165) is 25.7 Å². The summed E-state index contributed by atoms with van der Waals surface area (Å²) in [7, 11) is 0. The van der Waals surface area contributed by atoms with Crippen LogP contribution in [0.2, 0.25) is 0 Å². The minimum atomic E-state index is -0.365. The molecule has 2 aromatic carbocycles. The highest BCUT2D eigenvalue weighted by Crippen LogP contribution is 2.26. The van der Waals surface area contributed by atoms with Gasteiger partial charge in [0, 0.05) is 19.6 Å². The molecule has 0 unspecified atom stereocenters. The van der Waals surface area contributed by atoms with Crippen LogP contribution in [0.1, 0.15) is 24.8 Å². The lowest BCUT2D eigenvalue weighted by Gasteiger charge is -2.34. The number of halogens is 1. The van der Waals surface area contributed by atoms with Gasteiger partial charge >= 0.3 is 0 Å². The third kappa shape index (κ3) is 5.12. The number of benzene rings is 2. The Morgan fingerprint density at radius 2 is 1.91 bits per heavy atom. The maximum Gasteiger partial charge on any atom is 0.277 e. The average molecular weight is 491 g/mol. The van der Waals surface area contributed by atoms with Gasteiger partial charge in [-0.15, -0.1) is 11.3 Å². The second-order valence-electron chi connectivity index (χ2n) is 8.83. The Bertz CT molecular complexity index is 1370. The van der Waals surface area contributed by atoms with E-state index < -0.39 is 0 Å². The first kappa shape index (κ1) is 23.2. The first-order valence-electron chi connectivity index (χ1n) is 11.9. The zero-order chi connectivity index (χ0) is 24.2. The molecule has 6 nitrogen and oxygen atoms in total. The van der Waals surface area contributed by atoms with Gasteiger partial charge in [0.1, 0.15) is 10.5 Å². The molecule has 1 amide bonds. The Morgan fingerprint density at radius 1 is 1.11 bits per heavy atom. The number of carbonyl (C=O) groups excluding carboxylic acids is 1. The van der Waals surface area contributed by atoms with Gasteiger partial charge in [-0.2, -0.15) is 0 Å². The van der Waals surface area contributed by atoms with E-state index in [1.807, 2.05) is 34.5 Å². The fourth-order valence-corrected chi connectivity index (χ4v) is 5.36. The summed E-state index contributed by atoms with van der Waals surface area (Å²) in [5.74, 6) is -0.0168. The predicted molar refractivity (Wildman–Crippen MR) is 138 cm³/mol. The molecule has 1 atom stereocenters. The zero-order valence-corrected chi connectivity index (χ0v) is 20.1. The van der Waals surface area contributed by atoms with E-state index in [1.165, 1.54) is 29.0 Å². The minimum absolute atomic E-state index is 0.0371. The Labute approximate surface area is 207 Å². The summed E-state index contributed by atoms with van der Waals surface area (Å²) in [6.07, 6.45) is 3.42. The molecule has 0 saturated carbocycles. The summed E-state index contributed by atoms with van der Waals surface area (Å²) in [6, 6.07) is 17.9. The van der Waals surface area contributed by atoms with Crippen LogP contribution >= 0.6 is 11.3 Å². The van der Waals surface area contributed by atoms with Gasteiger partial charge in [0.15, 0.2) is 0 Å². The highest BCUT2D eigenvalue weighted by Gasteiger charge is 2.29. The number of aryl methyl sites for hydroxylation is 1. The van der Waals surface area contributed by atoms with E-state index in [-0.39, 0.29) is 23.2 Å². The molecule has 0 aliphatic carbocycles. The predicted octanol–water partition coefficient (Wildman–Crippen LogP) is 4.55. The molecule has 180 valence electrons. The Morgan fingerprint density at radius 3 is 2.71 bits per heavy atom. The number of amides is 1. The third-order valence-corrected chi connectivity index (χ3v) is 7.30. The van der Waals surface area contributed by atoms with Crippen LogP contribution in [0.4, 0.5) is 10.3 Å². The van der Waals surface area contributed by atoms with Gasteiger partial charge in [-0.1, -0.05) is 30.3 Å². The van der Waals surface area contributed by atoms with Gasteiger partial charge in [0.25, 0.3) is 5.56 Å². The first-order chi connectivity index (χ1) is 17.1. The number of nitrogens with zero attached hydrogens (tertiary/aromatic N) is 3. The monoisotopic (exact) mass is 490 g/mol. The number of hydrogen-bond donors (Lipinski definition) is 1. The molecule has 1 aliphatic heterocycles. The zero-order valence-electron chi connectivity index (χ0n) is 19.3. The van der Waals surface area contributed by atoms with Crippen molar-refractivity contribution in [2.24, 2.45) is 5.92 Å². The van der Waals surface area contributed by atoms with Gasteiger partial charge in [-0.25, -0.2) is 13.9 Å². The van der Waals surface area contributed by atoms with Crippen LogP contribution in [-0.2, 0) is 11.2 Å². The van der Waals surface area contributed by atoms with Crippen LogP contribution in [0.5, 0.6) is 0 Å². The summed E-state index contributed by atoms with van der Waals surface area (Å²) in [6.45, 7) is 1.80. The van der Waals surface area contributed by atoms with Crippen molar-refractivity contribution in [3.05, 3.63) is 87.8 Å². The number of hydrogen-bond acceptors (Lipinski definition) is 5. The normalized spacial score (nSPS) is 15.9. The SMILES string of the molecule is O=C(NCCCc1ccccc1)[C@H]1CCCN(c2nc3ccsc3c(=O)n2-c2ccc(F)cc2)C1. The van der Waals surface area contributed by atoms with E-state index in [0.29, 0.717) is 41.5 Å². The number of carbonyl (C=O) groups is 1. The third-order valence-electron chi connectivity index (χ3n) is 6.41. The number of anilines is 1. The van der Waals surface area contributed by atoms with Crippen LogP contribution in [-0.4, -0.2) is 35.1 Å². The van der Waals surface area contributed by atoms with E-state index in [9.17, 15) is 14.0 Å². The quantitative estimate of drug-likeness (QED) is 0.386. The van der Waals surface area contributed by atoms with Crippen LogP contribution in [0.15, 0.2) is 70.8 Å². The van der Waals surface area contributed by atoms with Crippen molar-refractivity contribution in [3.8, 4) is 5.69 Å². The van der Waals surface area contributed by atoms with E-state index in [4.69, 9.17) is 4.98 Å². The van der Waals surface area contributed by atoms with Crippen LogP contribution in [0.25, 0.3) is 15.9 Å². The van der Waals surface area contributed by atoms with Gasteiger partial charge in [0.2, 0.25) is 11.9 Å². The molecule has 0 bridgehead atoms. The van der Waals surface area contributed by atoms with E-state index in [2.05, 4.69) is 17.4 Å². The molecular weight excluding hydrogens is 463 g/mol. The van der Waals surface area contributed by atoms with Crippen molar-refractivity contribution < 1.29 is 9.18 Å². The van der Waals surface area contributed by atoms with Gasteiger partial charge in [-0.05, 0) is 67.0 Å². The largest absolute Gasteiger partial charge is 0.356 e. The Kier molecular flexibility index (Phi) is 6.90. The Hall–Kier alpha value is -3.52. The van der Waals surface area contributed by atoms with Crippen molar-refractivity contribution in [1.82, 2.24) is 14.9 Å². The second kappa shape index (κ2) is 10.4. The van der Waals surface area contributed by atoms with Crippen molar-refractivity contribution in [3.63, 3.8) is 0 Å². The molecule has 8 heteroatoms. The second-order valence-corrected chi connectivity index (χ2v) is 9.75. The highest BCUT2D eigenvalue weighted by atomic mass is 32.1. The number of nitrogens with one attached hydrogen (secondary N) is 1. The molecular formula is C27H27FN4O2S. The van der Waals surface area contributed by atoms with Crippen molar-refractivity contribution in [2.75, 3.05) is 24.5 Å². The molecule has 1 aliphatic rings. The molecule has 35 heavy (non-hydrogen) atoms. The maximum absolute atomic E-state index is 13.6. The average Bonchev–Trinajstić information content (AvgIpc) is 3.37. The molecule has 5 rings (SSSR count). The molecule has 4 aromatic rings. The number of fused-ring (bicyclic) bond motifs is 1. The molecule has 0 radical (unpaired) electrons. The lowest BCUT2D eigenvalue weighted by Crippen LogP contribution is -2.45. The van der Waals surface area contributed by atoms with Gasteiger partial charge in [-0.3, -0.25) is 9.59 Å². The lowest BCUT2D eigenvalue weighted by molar-refractivity contribution is -0.125. The van der Waals surface area contributed by atoms with Crippen molar-refractivity contribution >= 4 is 33.4 Å². The Balaban J connectivity index is 1.33. The van der Waals surface area contributed by atoms with Crippen LogP contribution in [0.3, 0.4) is 0 Å². The number of rotatable bonds is 7. The summed E-state index contributed by atoms with van der Waals surface area (Å²) >= 11 is 1.34. The molecule has 1 N–H and O–H groups in total. The van der Waals surface area contributed by atoms with E-state index in [1.54, 1.807) is 16.7 Å². The maximum atomic E-state index is 13.6. The van der Waals surface area contributed by atoms with Gasteiger partial charge < -0.3 is 10.2 Å². The molecule has 2 aromatic heterocycles. The standard InChI is InChI=1S/C27H27FN4O2S/c28-21-10-12-22(13-11-21)32-26(34)24-23(14-17-35-24)30-27(32)31-16-5-9-20(18-31)25(33)29-15-4-8-19-6-2-1-3-7-19/h1-3,6-7,10-14,17,20H,4-5,8-9,15-16,18H2,(H,29,33)/t20-/m0/s1. The van der Waals surface area contributed by atoms with E-state index >= 15 is 0 Å². The summed E-state index contributed by atoms with van der Waals surface area (Å²) in [5.41, 5.74) is 2.28. The number of thiophene rings is 1. The van der Waals surface area contributed by atoms with Crippen molar-refractivity contribution in [2.45, 2.75) is 25.7 Å². The number of aromatic nitrogens is 2. The lowest BCUT2D eigenvalue weighted by atomic mass is 9.97. The minimum Gasteiger partial charge on any atom is -0.356 e. The summed E-state index contributed by atoms with van der Waals surface area (Å²) < 4.78 is 15.7. The highest BCUT2D eigenvalue weighted by molar-refractivity contribution is 7.17. The van der Waals surface area contributed by atoms with Crippen LogP contribution < -0.4 is 15.8 Å². The summed E-state index contributed by atoms with van der Waals surface area (Å²) in [4.78, 5) is 33.1. The molecule has 1 saturated heterocycles. The number of piperidine rings is 1. The molecule has 1 fully saturated rings. The smallest absolute Gasteiger partial charge is 0.277 e. The van der Waals surface area contributed by atoms with Crippen molar-refractivity contribution in [1.29, 1.82) is 0 Å². The van der Waals surface area contributed by atoms with Crippen LogP contribution in [0, 0.1) is 11.7 Å². The fraction of sp³-hybridized carbons (Fsp3) is 0.296. The molecule has 3 heterocycles. The van der Waals surface area contributed by atoms with Gasteiger partial charge in [0.05, 0.1) is 17.1 Å². The summed E-state index contributed by atoms with van der Waals surface area (Å²) in [5, 5.41) is 4.94.